The number of allylic oxidation sites excluding steroid dienone is 16. The summed E-state index contributed by atoms with van der Waals surface area (Å²) in [6.07, 6.45) is 76.8. The molecule has 1 atom stereocenters. The predicted molar refractivity (Wildman–Crippen MR) is 302 cm³/mol. The van der Waals surface area contributed by atoms with Crippen LogP contribution in [0.15, 0.2) is 97.2 Å². The molecule has 0 spiro atoms. The lowest BCUT2D eigenvalue weighted by molar-refractivity contribution is -0.167. The van der Waals surface area contributed by atoms with Gasteiger partial charge >= 0.3 is 17.9 Å². The fourth-order valence-electron chi connectivity index (χ4n) is 7.89. The average Bonchev–Trinajstić information content (AvgIpc) is 3.36. The number of hydrogen-bond acceptors (Lipinski definition) is 6. The lowest BCUT2D eigenvalue weighted by Crippen LogP contribution is -2.30. The quantitative estimate of drug-likeness (QED) is 0.0262. The van der Waals surface area contributed by atoms with E-state index in [1.165, 1.54) is 103 Å². The highest BCUT2D eigenvalue weighted by molar-refractivity contribution is 5.71. The predicted octanol–water partition coefficient (Wildman–Crippen LogP) is 19.7. The van der Waals surface area contributed by atoms with Gasteiger partial charge in [0.2, 0.25) is 0 Å². The van der Waals surface area contributed by atoms with Crippen LogP contribution >= 0.6 is 0 Å². The van der Waals surface area contributed by atoms with Crippen LogP contribution in [0.25, 0.3) is 0 Å². The third-order valence-corrected chi connectivity index (χ3v) is 12.3. The van der Waals surface area contributed by atoms with E-state index in [0.29, 0.717) is 19.3 Å². The van der Waals surface area contributed by atoms with Crippen molar-refractivity contribution in [3.05, 3.63) is 97.2 Å². The topological polar surface area (TPSA) is 78.9 Å². The van der Waals surface area contributed by atoms with Gasteiger partial charge in [-0.2, -0.15) is 0 Å². The highest BCUT2D eigenvalue weighted by Gasteiger charge is 2.19. The van der Waals surface area contributed by atoms with E-state index in [9.17, 15) is 14.4 Å². The number of unbranched alkanes of at least 4 members (excludes halogenated alkanes) is 25. The lowest BCUT2D eigenvalue weighted by Gasteiger charge is -2.18. The number of rotatable bonds is 52. The minimum absolute atomic E-state index is 0.0892. The Balaban J connectivity index is 4.32. The van der Waals surface area contributed by atoms with Gasteiger partial charge in [-0.3, -0.25) is 14.4 Å². The lowest BCUT2D eigenvalue weighted by atomic mass is 10.1. The average molecular weight is 974 g/mol. The molecule has 0 radical (unpaired) electrons. The van der Waals surface area contributed by atoms with Crippen molar-refractivity contribution in [2.45, 2.75) is 277 Å². The molecule has 0 rings (SSSR count). The van der Waals surface area contributed by atoms with Gasteiger partial charge < -0.3 is 14.2 Å². The maximum atomic E-state index is 12.8. The van der Waals surface area contributed by atoms with E-state index < -0.39 is 6.10 Å². The maximum absolute atomic E-state index is 12.8. The molecule has 0 aliphatic carbocycles. The van der Waals surface area contributed by atoms with Crippen LogP contribution in [0, 0.1) is 0 Å². The summed E-state index contributed by atoms with van der Waals surface area (Å²) < 4.78 is 16.8. The number of ether oxygens (including phenoxy) is 3. The zero-order chi connectivity index (χ0) is 50.7. The molecular formula is C64H108O6. The smallest absolute Gasteiger partial charge is 0.306 e. The molecule has 0 aliphatic rings. The van der Waals surface area contributed by atoms with Gasteiger partial charge in [-0.25, -0.2) is 0 Å². The van der Waals surface area contributed by atoms with Gasteiger partial charge in [-0.1, -0.05) is 234 Å². The van der Waals surface area contributed by atoms with Crippen LogP contribution in [0.2, 0.25) is 0 Å². The van der Waals surface area contributed by atoms with Crippen LogP contribution < -0.4 is 0 Å². The van der Waals surface area contributed by atoms with Gasteiger partial charge in [0.1, 0.15) is 13.2 Å². The SMILES string of the molecule is CC/C=C\C/C=C\C/C=C\C/C=C\C/C=C\CCCCCCCCCCCC(=O)OCC(COC(=O)CCCCCCC/C=C\CCCC)OC(=O)CCCCCCC/C=C\C/C=C\CCCCCC. The summed E-state index contributed by atoms with van der Waals surface area (Å²) in [7, 11) is 0. The number of esters is 3. The monoisotopic (exact) mass is 973 g/mol. The van der Waals surface area contributed by atoms with E-state index in [-0.39, 0.29) is 31.1 Å². The van der Waals surface area contributed by atoms with Crippen molar-refractivity contribution in [1.82, 2.24) is 0 Å². The van der Waals surface area contributed by atoms with Crippen LogP contribution in [-0.2, 0) is 28.6 Å². The Labute approximate surface area is 432 Å². The highest BCUT2D eigenvalue weighted by Crippen LogP contribution is 2.15. The maximum Gasteiger partial charge on any atom is 0.306 e. The second-order valence-electron chi connectivity index (χ2n) is 19.2. The molecule has 70 heavy (non-hydrogen) atoms. The molecule has 6 nitrogen and oxygen atoms in total. The Morgan fingerprint density at radius 2 is 0.571 bits per heavy atom. The normalized spacial score (nSPS) is 12.8. The summed E-state index contributed by atoms with van der Waals surface area (Å²) in [5.41, 5.74) is 0. The Hall–Kier alpha value is -3.67. The zero-order valence-corrected chi connectivity index (χ0v) is 45.8. The molecule has 0 aromatic rings. The fourth-order valence-corrected chi connectivity index (χ4v) is 7.89. The van der Waals surface area contributed by atoms with Crippen molar-refractivity contribution in [1.29, 1.82) is 0 Å². The van der Waals surface area contributed by atoms with Gasteiger partial charge in [-0.05, 0) is 116 Å². The van der Waals surface area contributed by atoms with E-state index in [1.54, 1.807) is 0 Å². The molecule has 0 aromatic heterocycles. The summed E-state index contributed by atoms with van der Waals surface area (Å²) >= 11 is 0. The summed E-state index contributed by atoms with van der Waals surface area (Å²) in [5, 5.41) is 0. The van der Waals surface area contributed by atoms with Gasteiger partial charge in [0.05, 0.1) is 0 Å². The van der Waals surface area contributed by atoms with Gasteiger partial charge in [0.15, 0.2) is 6.10 Å². The van der Waals surface area contributed by atoms with Crippen molar-refractivity contribution in [3.8, 4) is 0 Å². The molecule has 0 N–H and O–H groups in total. The molecule has 400 valence electrons. The van der Waals surface area contributed by atoms with Crippen molar-refractivity contribution in [3.63, 3.8) is 0 Å². The molecule has 0 saturated heterocycles. The molecule has 6 heteroatoms. The summed E-state index contributed by atoms with van der Waals surface area (Å²) in [5.74, 6) is -0.916. The Morgan fingerprint density at radius 3 is 0.929 bits per heavy atom. The molecule has 0 heterocycles. The van der Waals surface area contributed by atoms with Crippen LogP contribution in [-0.4, -0.2) is 37.2 Å². The highest BCUT2D eigenvalue weighted by atomic mass is 16.6. The first kappa shape index (κ1) is 66.3. The second-order valence-corrected chi connectivity index (χ2v) is 19.2. The molecular weight excluding hydrogens is 865 g/mol. The molecule has 0 saturated carbocycles. The third-order valence-electron chi connectivity index (χ3n) is 12.3. The zero-order valence-electron chi connectivity index (χ0n) is 45.8. The second kappa shape index (κ2) is 57.9. The van der Waals surface area contributed by atoms with Gasteiger partial charge in [0, 0.05) is 19.3 Å². The molecule has 0 aromatic carbocycles. The van der Waals surface area contributed by atoms with E-state index in [1.807, 2.05) is 0 Å². The molecule has 0 aliphatic heterocycles. The van der Waals surface area contributed by atoms with E-state index in [0.717, 1.165) is 128 Å². The molecule has 0 fully saturated rings. The van der Waals surface area contributed by atoms with Crippen LogP contribution in [0.5, 0.6) is 0 Å². The van der Waals surface area contributed by atoms with Gasteiger partial charge in [-0.15, -0.1) is 0 Å². The Morgan fingerprint density at radius 1 is 0.300 bits per heavy atom. The third kappa shape index (κ3) is 55.3. The van der Waals surface area contributed by atoms with Crippen molar-refractivity contribution in [2.75, 3.05) is 13.2 Å². The summed E-state index contributed by atoms with van der Waals surface area (Å²) in [4.78, 5) is 38.1. The first-order valence-electron chi connectivity index (χ1n) is 29.2. The van der Waals surface area contributed by atoms with Crippen LogP contribution in [0.3, 0.4) is 0 Å². The molecule has 0 bridgehead atoms. The number of carbonyl (C=O) groups is 3. The van der Waals surface area contributed by atoms with E-state index in [2.05, 4.69) is 118 Å². The summed E-state index contributed by atoms with van der Waals surface area (Å²) in [6, 6.07) is 0. The minimum Gasteiger partial charge on any atom is -0.462 e. The number of hydrogen-bond donors (Lipinski definition) is 0. The standard InChI is InChI=1S/C64H108O6/c1-4-7-10-13-16-19-22-24-26-28-29-30-31-32-33-34-35-36-38-39-42-45-48-51-54-57-63(66)69-60-61(59-68-62(65)56-53-50-47-44-41-21-18-15-12-9-6-3)70-64(67)58-55-52-49-46-43-40-37-27-25-23-20-17-14-11-8-5-2/h7,10,15-16,18-20,23-24,26-27,29-30,32-33,37,61H,4-6,8-9,11-14,17,21-22,25,28,31,34-36,38-60H2,1-3H3/b10-7-,18-15-,19-16-,23-20-,26-24-,30-29-,33-32-,37-27-. The number of carbonyl (C=O) groups excluding carboxylic acids is 3. The van der Waals surface area contributed by atoms with Crippen LogP contribution in [0.4, 0.5) is 0 Å². The largest absolute Gasteiger partial charge is 0.462 e. The van der Waals surface area contributed by atoms with Crippen LogP contribution in [0.1, 0.15) is 271 Å². The first-order valence-corrected chi connectivity index (χ1v) is 29.2. The Bertz CT molecular complexity index is 1400. The van der Waals surface area contributed by atoms with E-state index in [4.69, 9.17) is 14.2 Å². The Kier molecular flexibility index (Phi) is 54.9. The fraction of sp³-hybridized carbons (Fsp3) is 0.703. The summed E-state index contributed by atoms with van der Waals surface area (Å²) in [6.45, 7) is 6.45. The molecule has 1 unspecified atom stereocenters. The van der Waals surface area contributed by atoms with Crippen molar-refractivity contribution in [2.24, 2.45) is 0 Å². The first-order chi connectivity index (χ1) is 34.5. The van der Waals surface area contributed by atoms with E-state index >= 15 is 0 Å². The minimum atomic E-state index is -0.791. The van der Waals surface area contributed by atoms with Crippen molar-refractivity contribution >= 4 is 17.9 Å². The molecule has 0 amide bonds. The van der Waals surface area contributed by atoms with Crippen molar-refractivity contribution < 1.29 is 28.6 Å². The van der Waals surface area contributed by atoms with Gasteiger partial charge in [0.25, 0.3) is 0 Å².